The van der Waals surface area contributed by atoms with Crippen LogP contribution in [0, 0.1) is 10.1 Å². The zero-order chi connectivity index (χ0) is 14.1. The Kier molecular flexibility index (Phi) is 3.49. The Bertz CT molecular complexity index is 673. The van der Waals surface area contributed by atoms with Crippen LogP contribution in [0.25, 0.3) is 0 Å². The van der Waals surface area contributed by atoms with E-state index in [1.54, 1.807) is 17.4 Å². The molecule has 6 nitrogen and oxygen atoms in total. The van der Waals surface area contributed by atoms with Gasteiger partial charge in [-0.1, -0.05) is 0 Å². The molecule has 0 amide bonds. The monoisotopic (exact) mass is 356 g/mol. The quantitative estimate of drug-likeness (QED) is 0.666. The standard InChI is InChI=1S/C12H9BrN2O4S/c13-12-2-1-7(20-12)5-14-8-3-10-11(19-6-18-10)4-9(8)15(16)17/h1-4,14H,5-6H2. The van der Waals surface area contributed by atoms with Crippen molar-refractivity contribution in [2.45, 2.75) is 6.54 Å². The van der Waals surface area contributed by atoms with E-state index in [9.17, 15) is 10.1 Å². The van der Waals surface area contributed by atoms with Gasteiger partial charge in [-0.15, -0.1) is 11.3 Å². The number of thiophene rings is 1. The number of fused-ring (bicyclic) bond motifs is 1. The van der Waals surface area contributed by atoms with Crippen molar-refractivity contribution in [2.75, 3.05) is 12.1 Å². The van der Waals surface area contributed by atoms with E-state index in [4.69, 9.17) is 9.47 Å². The minimum atomic E-state index is -0.436. The number of ether oxygens (including phenoxy) is 2. The molecule has 0 atom stereocenters. The van der Waals surface area contributed by atoms with Crippen LogP contribution in [-0.2, 0) is 6.54 Å². The Morgan fingerprint density at radius 3 is 2.75 bits per heavy atom. The predicted molar refractivity (Wildman–Crippen MR) is 78.6 cm³/mol. The summed E-state index contributed by atoms with van der Waals surface area (Å²) in [6.45, 7) is 0.602. The van der Waals surface area contributed by atoms with E-state index < -0.39 is 4.92 Å². The van der Waals surface area contributed by atoms with Crippen molar-refractivity contribution in [1.29, 1.82) is 0 Å². The summed E-state index contributed by atoms with van der Waals surface area (Å²) in [4.78, 5) is 11.7. The molecule has 2 heterocycles. The van der Waals surface area contributed by atoms with E-state index in [0.717, 1.165) is 8.66 Å². The summed E-state index contributed by atoms with van der Waals surface area (Å²) in [7, 11) is 0. The van der Waals surface area contributed by atoms with Crippen molar-refractivity contribution in [1.82, 2.24) is 0 Å². The third-order valence-electron chi connectivity index (χ3n) is 2.77. The maximum atomic E-state index is 11.1. The van der Waals surface area contributed by atoms with E-state index in [-0.39, 0.29) is 12.5 Å². The van der Waals surface area contributed by atoms with Crippen LogP contribution in [0.4, 0.5) is 11.4 Å². The highest BCUT2D eigenvalue weighted by Crippen LogP contribution is 2.40. The van der Waals surface area contributed by atoms with Gasteiger partial charge < -0.3 is 14.8 Å². The number of halogens is 1. The molecule has 8 heteroatoms. The number of hydrogen-bond donors (Lipinski definition) is 1. The Balaban J connectivity index is 1.86. The Labute approximate surface area is 126 Å². The van der Waals surface area contributed by atoms with E-state index in [1.807, 2.05) is 12.1 Å². The fraction of sp³-hybridized carbons (Fsp3) is 0.167. The number of nitro groups is 1. The average Bonchev–Trinajstić information content (AvgIpc) is 3.03. The van der Waals surface area contributed by atoms with Crippen LogP contribution in [0.15, 0.2) is 28.1 Å². The first kappa shape index (κ1) is 13.2. The summed E-state index contributed by atoms with van der Waals surface area (Å²) in [5, 5.41) is 14.2. The molecule has 2 aromatic rings. The van der Waals surface area contributed by atoms with Crippen molar-refractivity contribution in [3.05, 3.63) is 43.0 Å². The van der Waals surface area contributed by atoms with Crippen LogP contribution < -0.4 is 14.8 Å². The normalized spacial score (nSPS) is 12.4. The van der Waals surface area contributed by atoms with E-state index >= 15 is 0 Å². The van der Waals surface area contributed by atoms with Gasteiger partial charge in [0.25, 0.3) is 5.69 Å². The number of rotatable bonds is 4. The van der Waals surface area contributed by atoms with Crippen molar-refractivity contribution >= 4 is 38.6 Å². The molecule has 1 N–H and O–H groups in total. The smallest absolute Gasteiger partial charge is 0.296 e. The van der Waals surface area contributed by atoms with E-state index in [1.165, 1.54) is 6.07 Å². The van der Waals surface area contributed by atoms with Crippen LogP contribution >= 0.6 is 27.3 Å². The van der Waals surface area contributed by atoms with Crippen LogP contribution in [0.1, 0.15) is 4.88 Å². The highest BCUT2D eigenvalue weighted by atomic mass is 79.9. The third-order valence-corrected chi connectivity index (χ3v) is 4.39. The first-order valence-electron chi connectivity index (χ1n) is 5.69. The second-order valence-electron chi connectivity index (χ2n) is 4.04. The van der Waals surface area contributed by atoms with Gasteiger partial charge in [-0.2, -0.15) is 0 Å². The average molecular weight is 357 g/mol. The molecule has 0 spiro atoms. The van der Waals surface area contributed by atoms with Crippen molar-refractivity contribution in [2.24, 2.45) is 0 Å². The lowest BCUT2D eigenvalue weighted by Crippen LogP contribution is -2.01. The molecule has 1 aromatic heterocycles. The summed E-state index contributed by atoms with van der Waals surface area (Å²) in [5.74, 6) is 0.923. The molecular formula is C12H9BrN2O4S. The lowest BCUT2D eigenvalue weighted by Gasteiger charge is -2.07. The summed E-state index contributed by atoms with van der Waals surface area (Å²) in [5.41, 5.74) is 0.397. The fourth-order valence-electron chi connectivity index (χ4n) is 1.85. The van der Waals surface area contributed by atoms with Crippen LogP contribution in [0.3, 0.4) is 0 Å². The Hall–Kier alpha value is -1.80. The van der Waals surface area contributed by atoms with Gasteiger partial charge >= 0.3 is 0 Å². The van der Waals surface area contributed by atoms with Gasteiger partial charge in [-0.25, -0.2) is 0 Å². The van der Waals surface area contributed by atoms with Gasteiger partial charge in [-0.05, 0) is 28.1 Å². The number of benzene rings is 1. The Morgan fingerprint density at radius 2 is 2.10 bits per heavy atom. The van der Waals surface area contributed by atoms with Gasteiger partial charge in [0.1, 0.15) is 5.69 Å². The lowest BCUT2D eigenvalue weighted by atomic mass is 10.2. The molecule has 1 aromatic carbocycles. The zero-order valence-corrected chi connectivity index (χ0v) is 12.5. The van der Waals surface area contributed by atoms with Crippen LogP contribution in [0.2, 0.25) is 0 Å². The summed E-state index contributed by atoms with van der Waals surface area (Å²) < 4.78 is 11.4. The molecule has 0 aliphatic carbocycles. The first-order chi connectivity index (χ1) is 9.63. The van der Waals surface area contributed by atoms with E-state index in [2.05, 4.69) is 21.2 Å². The molecule has 0 fully saturated rings. The van der Waals surface area contributed by atoms with Gasteiger partial charge in [0.2, 0.25) is 6.79 Å². The molecule has 0 unspecified atom stereocenters. The SMILES string of the molecule is O=[N+]([O-])c1cc2c(cc1NCc1ccc(Br)s1)OCO2. The molecule has 0 saturated heterocycles. The largest absolute Gasteiger partial charge is 0.454 e. The predicted octanol–water partition coefficient (Wildman–Crippen LogP) is 3.76. The number of nitro benzene ring substituents is 1. The maximum absolute atomic E-state index is 11.1. The molecule has 1 aliphatic rings. The highest BCUT2D eigenvalue weighted by molar-refractivity contribution is 9.11. The van der Waals surface area contributed by atoms with Gasteiger partial charge in [0, 0.05) is 17.5 Å². The molecule has 3 rings (SSSR count). The fourth-order valence-corrected chi connectivity index (χ4v) is 3.28. The van der Waals surface area contributed by atoms with Crippen LogP contribution in [0.5, 0.6) is 11.5 Å². The van der Waals surface area contributed by atoms with Gasteiger partial charge in [0.15, 0.2) is 11.5 Å². The molecular weight excluding hydrogens is 348 g/mol. The number of hydrogen-bond acceptors (Lipinski definition) is 6. The van der Waals surface area contributed by atoms with Crippen LogP contribution in [-0.4, -0.2) is 11.7 Å². The summed E-state index contributed by atoms with van der Waals surface area (Å²) in [6.07, 6.45) is 0. The molecule has 0 bridgehead atoms. The number of anilines is 1. The third kappa shape index (κ3) is 2.56. The lowest BCUT2D eigenvalue weighted by molar-refractivity contribution is -0.384. The van der Waals surface area contributed by atoms with E-state index in [0.29, 0.717) is 23.7 Å². The molecule has 0 saturated carbocycles. The second-order valence-corrected chi connectivity index (χ2v) is 6.59. The summed E-state index contributed by atoms with van der Waals surface area (Å²) >= 11 is 4.96. The van der Waals surface area contributed by atoms with Crippen molar-refractivity contribution in [3.63, 3.8) is 0 Å². The number of nitrogens with one attached hydrogen (secondary N) is 1. The van der Waals surface area contributed by atoms with Gasteiger partial charge in [-0.3, -0.25) is 10.1 Å². The highest BCUT2D eigenvalue weighted by Gasteiger charge is 2.23. The molecule has 0 radical (unpaired) electrons. The topological polar surface area (TPSA) is 73.6 Å². The maximum Gasteiger partial charge on any atom is 0.296 e. The minimum absolute atomic E-state index is 0.0233. The zero-order valence-electron chi connectivity index (χ0n) is 10.1. The molecule has 104 valence electrons. The summed E-state index contributed by atoms with van der Waals surface area (Å²) in [6, 6.07) is 6.88. The van der Waals surface area contributed by atoms with Gasteiger partial charge in [0.05, 0.1) is 14.8 Å². The number of nitrogens with zero attached hydrogens (tertiary/aromatic N) is 1. The second kappa shape index (κ2) is 5.29. The minimum Gasteiger partial charge on any atom is -0.454 e. The van der Waals surface area contributed by atoms with Crippen molar-refractivity contribution in [3.8, 4) is 11.5 Å². The molecule has 20 heavy (non-hydrogen) atoms. The van der Waals surface area contributed by atoms with Crippen molar-refractivity contribution < 1.29 is 14.4 Å². The molecule has 1 aliphatic heterocycles. The Morgan fingerprint density at radius 1 is 1.35 bits per heavy atom. The first-order valence-corrected chi connectivity index (χ1v) is 7.30.